The highest BCUT2D eigenvalue weighted by molar-refractivity contribution is 7.09. The van der Waals surface area contributed by atoms with Crippen molar-refractivity contribution < 1.29 is 4.43 Å². The molecular formula is C14H18NOSSi. The molecule has 2 aromatic rings. The summed E-state index contributed by atoms with van der Waals surface area (Å²) in [6.45, 7) is 7.27. The Balaban J connectivity index is 2.14. The first-order chi connectivity index (χ1) is 8.66. The van der Waals surface area contributed by atoms with Crippen molar-refractivity contribution in [3.63, 3.8) is 0 Å². The van der Waals surface area contributed by atoms with Crippen LogP contribution in [0.15, 0.2) is 35.7 Å². The van der Waals surface area contributed by atoms with E-state index < -0.39 is 9.04 Å². The number of hydrogen-bond donors (Lipinski definition) is 1. The molecule has 4 heteroatoms. The lowest BCUT2D eigenvalue weighted by Crippen LogP contribution is -2.13. The predicted octanol–water partition coefficient (Wildman–Crippen LogP) is 4.30. The summed E-state index contributed by atoms with van der Waals surface area (Å²) in [5, 5.41) is 5.59. The standard InChI is InChI=1S/C14H18NOSSi/c1-11-6-4-8-13(16-18(2)3)14(11)15-10-12-7-5-9-17-12/h4-9,15H,10H2,1-3H3. The van der Waals surface area contributed by atoms with Gasteiger partial charge in [0.1, 0.15) is 5.75 Å². The van der Waals surface area contributed by atoms with Crippen LogP contribution in [-0.2, 0) is 6.54 Å². The summed E-state index contributed by atoms with van der Waals surface area (Å²) in [6, 6.07) is 10.4. The van der Waals surface area contributed by atoms with E-state index in [1.165, 1.54) is 10.4 Å². The number of nitrogens with one attached hydrogen (secondary N) is 1. The van der Waals surface area contributed by atoms with Crippen molar-refractivity contribution in [1.29, 1.82) is 0 Å². The Morgan fingerprint density at radius 3 is 2.72 bits per heavy atom. The Bertz CT molecular complexity index is 497. The molecule has 0 spiro atoms. The first-order valence-electron chi connectivity index (χ1n) is 6.00. The minimum Gasteiger partial charge on any atom is -0.541 e. The first-order valence-corrected chi connectivity index (χ1v) is 9.29. The summed E-state index contributed by atoms with van der Waals surface area (Å²) in [4.78, 5) is 1.34. The van der Waals surface area contributed by atoms with Crippen LogP contribution in [0.5, 0.6) is 5.75 Å². The van der Waals surface area contributed by atoms with E-state index in [0.717, 1.165) is 18.0 Å². The second-order valence-corrected chi connectivity index (χ2v) is 7.44. The zero-order chi connectivity index (χ0) is 13.0. The number of anilines is 1. The first kappa shape index (κ1) is 13.2. The van der Waals surface area contributed by atoms with Crippen molar-refractivity contribution in [1.82, 2.24) is 0 Å². The Hall–Kier alpha value is -1.26. The van der Waals surface area contributed by atoms with Crippen LogP contribution < -0.4 is 9.74 Å². The molecule has 0 saturated heterocycles. The van der Waals surface area contributed by atoms with Crippen molar-refractivity contribution in [2.24, 2.45) is 0 Å². The minimum atomic E-state index is -0.734. The predicted molar refractivity (Wildman–Crippen MR) is 80.9 cm³/mol. The number of hydrogen-bond acceptors (Lipinski definition) is 3. The third kappa shape index (κ3) is 3.37. The van der Waals surface area contributed by atoms with E-state index in [4.69, 9.17) is 4.43 Å². The highest BCUT2D eigenvalue weighted by atomic mass is 32.1. The highest BCUT2D eigenvalue weighted by Crippen LogP contribution is 2.29. The average molecular weight is 276 g/mol. The molecule has 1 heterocycles. The summed E-state index contributed by atoms with van der Waals surface area (Å²) < 4.78 is 5.94. The third-order valence-corrected chi connectivity index (χ3v) is 4.07. The van der Waals surface area contributed by atoms with Gasteiger partial charge in [0.2, 0.25) is 0 Å². The molecule has 0 saturated carbocycles. The molecule has 0 amide bonds. The number of aryl methyl sites for hydroxylation is 1. The molecule has 0 aliphatic heterocycles. The van der Waals surface area contributed by atoms with Crippen LogP contribution >= 0.6 is 11.3 Å². The van der Waals surface area contributed by atoms with E-state index in [1.54, 1.807) is 11.3 Å². The van der Waals surface area contributed by atoms with Crippen LogP contribution in [-0.4, -0.2) is 9.04 Å². The fraction of sp³-hybridized carbons (Fsp3) is 0.286. The van der Waals surface area contributed by atoms with E-state index in [0.29, 0.717) is 0 Å². The van der Waals surface area contributed by atoms with Gasteiger partial charge in [0.05, 0.1) is 5.69 Å². The van der Waals surface area contributed by atoms with Gasteiger partial charge in [-0.25, -0.2) is 0 Å². The molecule has 0 atom stereocenters. The van der Waals surface area contributed by atoms with Crippen LogP contribution in [0.4, 0.5) is 5.69 Å². The van der Waals surface area contributed by atoms with Gasteiger partial charge < -0.3 is 9.74 Å². The summed E-state index contributed by atoms with van der Waals surface area (Å²) >= 11 is 1.77. The maximum Gasteiger partial charge on any atom is 0.274 e. The molecule has 95 valence electrons. The van der Waals surface area contributed by atoms with Gasteiger partial charge in [0.25, 0.3) is 9.04 Å². The Morgan fingerprint density at radius 2 is 2.06 bits per heavy atom. The molecule has 1 radical (unpaired) electrons. The molecular weight excluding hydrogens is 258 g/mol. The molecule has 1 aromatic heterocycles. The van der Waals surface area contributed by atoms with Gasteiger partial charge in [0, 0.05) is 11.4 Å². The Labute approximate surface area is 114 Å². The van der Waals surface area contributed by atoms with Crippen molar-refractivity contribution in [2.45, 2.75) is 26.6 Å². The summed E-state index contributed by atoms with van der Waals surface area (Å²) in [5.41, 5.74) is 2.35. The topological polar surface area (TPSA) is 21.3 Å². The van der Waals surface area contributed by atoms with Gasteiger partial charge in [-0.15, -0.1) is 11.3 Å². The Morgan fingerprint density at radius 1 is 1.22 bits per heavy atom. The van der Waals surface area contributed by atoms with Crippen LogP contribution in [0.25, 0.3) is 0 Å². The number of thiophene rings is 1. The lowest BCUT2D eigenvalue weighted by molar-refractivity contribution is 0.582. The molecule has 1 N–H and O–H groups in total. The smallest absolute Gasteiger partial charge is 0.274 e. The largest absolute Gasteiger partial charge is 0.541 e. The van der Waals surface area contributed by atoms with Crippen molar-refractivity contribution >= 4 is 26.1 Å². The van der Waals surface area contributed by atoms with E-state index in [9.17, 15) is 0 Å². The van der Waals surface area contributed by atoms with Gasteiger partial charge in [-0.1, -0.05) is 18.2 Å². The molecule has 0 unspecified atom stereocenters. The van der Waals surface area contributed by atoms with Gasteiger partial charge in [-0.05, 0) is 43.1 Å². The molecule has 2 nitrogen and oxygen atoms in total. The van der Waals surface area contributed by atoms with Gasteiger partial charge in [0.15, 0.2) is 0 Å². The molecule has 1 aromatic carbocycles. The summed E-state index contributed by atoms with van der Waals surface area (Å²) in [7, 11) is -0.734. The van der Waals surface area contributed by atoms with Crippen LogP contribution in [0.1, 0.15) is 10.4 Å². The number of rotatable bonds is 5. The van der Waals surface area contributed by atoms with Crippen LogP contribution in [0.3, 0.4) is 0 Å². The van der Waals surface area contributed by atoms with E-state index in [2.05, 4.69) is 48.9 Å². The molecule has 0 aliphatic rings. The van der Waals surface area contributed by atoms with Crippen LogP contribution in [0.2, 0.25) is 13.1 Å². The van der Waals surface area contributed by atoms with Crippen molar-refractivity contribution in [2.75, 3.05) is 5.32 Å². The van der Waals surface area contributed by atoms with Gasteiger partial charge in [-0.2, -0.15) is 0 Å². The maximum absolute atomic E-state index is 5.94. The van der Waals surface area contributed by atoms with Gasteiger partial charge >= 0.3 is 0 Å². The quantitative estimate of drug-likeness (QED) is 0.822. The minimum absolute atomic E-state index is 0.734. The second kappa shape index (κ2) is 6.07. The number of para-hydroxylation sites is 1. The lowest BCUT2D eigenvalue weighted by atomic mass is 10.2. The molecule has 0 aliphatic carbocycles. The fourth-order valence-corrected chi connectivity index (χ4v) is 3.02. The van der Waals surface area contributed by atoms with E-state index in [-0.39, 0.29) is 0 Å². The average Bonchev–Trinajstić information content (AvgIpc) is 2.80. The normalized spacial score (nSPS) is 10.7. The molecule has 2 rings (SSSR count). The van der Waals surface area contributed by atoms with E-state index >= 15 is 0 Å². The van der Waals surface area contributed by atoms with Crippen molar-refractivity contribution in [3.05, 3.63) is 46.2 Å². The maximum atomic E-state index is 5.94. The lowest BCUT2D eigenvalue weighted by Gasteiger charge is -2.16. The molecule has 18 heavy (non-hydrogen) atoms. The van der Waals surface area contributed by atoms with E-state index in [1.807, 2.05) is 12.1 Å². The number of benzene rings is 1. The zero-order valence-corrected chi connectivity index (χ0v) is 12.8. The fourth-order valence-electron chi connectivity index (χ4n) is 1.76. The third-order valence-electron chi connectivity index (χ3n) is 2.57. The zero-order valence-electron chi connectivity index (χ0n) is 11.0. The van der Waals surface area contributed by atoms with Crippen molar-refractivity contribution in [3.8, 4) is 5.75 Å². The van der Waals surface area contributed by atoms with Gasteiger partial charge in [-0.3, -0.25) is 0 Å². The highest BCUT2D eigenvalue weighted by Gasteiger charge is 2.09. The molecule has 0 bridgehead atoms. The van der Waals surface area contributed by atoms with Crippen LogP contribution in [0, 0.1) is 6.92 Å². The molecule has 0 fully saturated rings. The summed E-state index contributed by atoms with van der Waals surface area (Å²) in [6.07, 6.45) is 0. The SMILES string of the molecule is Cc1cccc(O[Si](C)C)c1NCc1cccs1. The summed E-state index contributed by atoms with van der Waals surface area (Å²) in [5.74, 6) is 0.977. The Kier molecular flexibility index (Phi) is 4.44. The monoisotopic (exact) mass is 276 g/mol. The second-order valence-electron chi connectivity index (χ2n) is 4.39.